The zero-order chi connectivity index (χ0) is 13.1. The molecule has 1 rings (SSSR count). The van der Waals surface area contributed by atoms with Crippen molar-refractivity contribution in [2.75, 3.05) is 6.54 Å². The number of carbonyl (C=O) groups is 1. The molecule has 0 spiro atoms. The standard InChI is InChI=1S/C11H12F3NO2/c12-11(13,14)9-3-1-7(2-4-9)8(6-15)5-10(16)17/h1-4,8H,5-6,15H2,(H,16,17)/t8-/m0/s1. The van der Waals surface area contributed by atoms with Crippen molar-refractivity contribution in [1.82, 2.24) is 0 Å². The molecular weight excluding hydrogens is 235 g/mol. The number of hydrogen-bond acceptors (Lipinski definition) is 2. The van der Waals surface area contributed by atoms with Crippen LogP contribution in [0.2, 0.25) is 0 Å². The summed E-state index contributed by atoms with van der Waals surface area (Å²) in [6.07, 6.45) is -4.58. The van der Waals surface area contributed by atoms with Gasteiger partial charge >= 0.3 is 12.1 Å². The average molecular weight is 247 g/mol. The molecular formula is C11H12F3NO2. The fraction of sp³-hybridized carbons (Fsp3) is 0.364. The third-order valence-corrected chi connectivity index (χ3v) is 2.41. The number of carboxylic acid groups (broad SMARTS) is 1. The first kappa shape index (κ1) is 13.5. The molecule has 0 saturated carbocycles. The van der Waals surface area contributed by atoms with Crippen LogP contribution in [0.15, 0.2) is 24.3 Å². The zero-order valence-corrected chi connectivity index (χ0v) is 8.87. The highest BCUT2D eigenvalue weighted by atomic mass is 19.4. The van der Waals surface area contributed by atoms with Gasteiger partial charge in [-0.05, 0) is 24.2 Å². The molecule has 0 fully saturated rings. The number of rotatable bonds is 4. The quantitative estimate of drug-likeness (QED) is 0.857. The molecule has 0 unspecified atom stereocenters. The molecule has 0 aliphatic carbocycles. The second-order valence-corrected chi connectivity index (χ2v) is 3.65. The van der Waals surface area contributed by atoms with E-state index in [1.807, 2.05) is 0 Å². The molecule has 94 valence electrons. The summed E-state index contributed by atoms with van der Waals surface area (Å²) in [6.45, 7) is 0.0810. The zero-order valence-electron chi connectivity index (χ0n) is 8.87. The summed E-state index contributed by atoms with van der Waals surface area (Å²) in [5.41, 5.74) is 5.14. The minimum Gasteiger partial charge on any atom is -0.481 e. The van der Waals surface area contributed by atoms with Crippen molar-refractivity contribution in [2.45, 2.75) is 18.5 Å². The van der Waals surface area contributed by atoms with Crippen LogP contribution in [-0.2, 0) is 11.0 Å². The molecule has 1 aromatic carbocycles. The molecule has 0 aliphatic heterocycles. The molecule has 6 heteroatoms. The molecule has 0 aromatic heterocycles. The van der Waals surface area contributed by atoms with Crippen molar-refractivity contribution >= 4 is 5.97 Å². The largest absolute Gasteiger partial charge is 0.481 e. The maximum absolute atomic E-state index is 12.3. The number of carboxylic acids is 1. The van der Waals surface area contributed by atoms with Crippen LogP contribution >= 0.6 is 0 Å². The first-order valence-corrected chi connectivity index (χ1v) is 4.93. The first-order chi connectivity index (χ1) is 7.84. The van der Waals surface area contributed by atoms with Gasteiger partial charge in [-0.15, -0.1) is 0 Å². The van der Waals surface area contributed by atoms with Crippen molar-refractivity contribution in [3.63, 3.8) is 0 Å². The second-order valence-electron chi connectivity index (χ2n) is 3.65. The summed E-state index contributed by atoms with van der Waals surface area (Å²) >= 11 is 0. The summed E-state index contributed by atoms with van der Waals surface area (Å²) in [4.78, 5) is 10.5. The number of halogens is 3. The van der Waals surface area contributed by atoms with Crippen LogP contribution < -0.4 is 5.73 Å². The minimum absolute atomic E-state index is 0.0810. The highest BCUT2D eigenvalue weighted by Crippen LogP contribution is 2.30. The van der Waals surface area contributed by atoms with Gasteiger partial charge in [0.05, 0.1) is 12.0 Å². The van der Waals surface area contributed by atoms with E-state index in [1.165, 1.54) is 12.1 Å². The van der Waals surface area contributed by atoms with Gasteiger partial charge in [0, 0.05) is 5.92 Å². The fourth-order valence-electron chi connectivity index (χ4n) is 1.49. The summed E-state index contributed by atoms with van der Waals surface area (Å²) in [5.74, 6) is -1.49. The maximum Gasteiger partial charge on any atom is 0.416 e. The van der Waals surface area contributed by atoms with Crippen molar-refractivity contribution in [3.05, 3.63) is 35.4 Å². The van der Waals surface area contributed by atoms with Gasteiger partial charge in [0.2, 0.25) is 0 Å². The van der Waals surface area contributed by atoms with Gasteiger partial charge in [0.1, 0.15) is 0 Å². The number of benzene rings is 1. The van der Waals surface area contributed by atoms with E-state index in [9.17, 15) is 18.0 Å². The molecule has 0 bridgehead atoms. The molecule has 3 nitrogen and oxygen atoms in total. The van der Waals surface area contributed by atoms with Crippen LogP contribution in [0.5, 0.6) is 0 Å². The molecule has 0 amide bonds. The summed E-state index contributed by atoms with van der Waals surface area (Å²) in [6, 6.07) is 4.40. The topological polar surface area (TPSA) is 63.3 Å². The monoisotopic (exact) mass is 247 g/mol. The van der Waals surface area contributed by atoms with Gasteiger partial charge in [-0.25, -0.2) is 0 Å². The summed E-state index contributed by atoms with van der Waals surface area (Å²) in [7, 11) is 0. The number of alkyl halides is 3. The third kappa shape index (κ3) is 3.74. The van der Waals surface area contributed by atoms with E-state index in [0.29, 0.717) is 5.56 Å². The van der Waals surface area contributed by atoms with Gasteiger partial charge in [-0.1, -0.05) is 12.1 Å². The van der Waals surface area contributed by atoms with E-state index in [-0.39, 0.29) is 13.0 Å². The number of nitrogens with two attached hydrogens (primary N) is 1. The van der Waals surface area contributed by atoms with Crippen LogP contribution in [0.4, 0.5) is 13.2 Å². The molecule has 0 saturated heterocycles. The molecule has 1 aromatic rings. The lowest BCUT2D eigenvalue weighted by atomic mass is 9.95. The highest BCUT2D eigenvalue weighted by Gasteiger charge is 2.30. The van der Waals surface area contributed by atoms with E-state index in [0.717, 1.165) is 12.1 Å². The van der Waals surface area contributed by atoms with Crippen molar-refractivity contribution in [1.29, 1.82) is 0 Å². The van der Waals surface area contributed by atoms with Crippen LogP contribution in [0.25, 0.3) is 0 Å². The van der Waals surface area contributed by atoms with Crippen LogP contribution in [0.3, 0.4) is 0 Å². The molecule has 3 N–H and O–H groups in total. The molecule has 0 radical (unpaired) electrons. The number of aliphatic carboxylic acids is 1. The smallest absolute Gasteiger partial charge is 0.416 e. The van der Waals surface area contributed by atoms with E-state index < -0.39 is 23.6 Å². The van der Waals surface area contributed by atoms with E-state index in [4.69, 9.17) is 10.8 Å². The lowest BCUT2D eigenvalue weighted by Gasteiger charge is -2.14. The Kier molecular flexibility index (Phi) is 4.11. The van der Waals surface area contributed by atoms with Gasteiger partial charge in [0.15, 0.2) is 0 Å². The average Bonchev–Trinajstić information content (AvgIpc) is 2.24. The Morgan fingerprint density at radius 3 is 2.18 bits per heavy atom. The Hall–Kier alpha value is -1.56. The van der Waals surface area contributed by atoms with Gasteiger partial charge in [0.25, 0.3) is 0 Å². The molecule has 0 heterocycles. The van der Waals surface area contributed by atoms with Gasteiger partial charge in [-0.2, -0.15) is 13.2 Å². The Balaban J connectivity index is 2.89. The van der Waals surface area contributed by atoms with Crippen molar-refractivity contribution in [2.24, 2.45) is 5.73 Å². The fourth-order valence-corrected chi connectivity index (χ4v) is 1.49. The number of hydrogen-bond donors (Lipinski definition) is 2. The predicted octanol–water partition coefficient (Wildman–Crippen LogP) is 2.22. The van der Waals surface area contributed by atoms with Crippen LogP contribution in [0, 0.1) is 0 Å². The first-order valence-electron chi connectivity index (χ1n) is 4.93. The lowest BCUT2D eigenvalue weighted by molar-refractivity contribution is -0.138. The maximum atomic E-state index is 12.3. The summed E-state index contributed by atoms with van der Waals surface area (Å²) < 4.78 is 36.9. The van der Waals surface area contributed by atoms with E-state index >= 15 is 0 Å². The van der Waals surface area contributed by atoms with E-state index in [1.54, 1.807) is 0 Å². The molecule has 1 atom stereocenters. The van der Waals surface area contributed by atoms with Gasteiger partial charge < -0.3 is 10.8 Å². The third-order valence-electron chi connectivity index (χ3n) is 2.41. The Bertz CT molecular complexity index is 387. The second kappa shape index (κ2) is 5.18. The highest BCUT2D eigenvalue weighted by molar-refractivity contribution is 5.68. The summed E-state index contributed by atoms with van der Waals surface area (Å²) in [5, 5.41) is 8.62. The van der Waals surface area contributed by atoms with Gasteiger partial charge in [-0.3, -0.25) is 4.79 Å². The van der Waals surface area contributed by atoms with Crippen molar-refractivity contribution in [3.8, 4) is 0 Å². The molecule has 17 heavy (non-hydrogen) atoms. The normalized spacial score (nSPS) is 13.4. The predicted molar refractivity (Wildman–Crippen MR) is 55.5 cm³/mol. The Morgan fingerprint density at radius 2 is 1.82 bits per heavy atom. The Labute approximate surface area is 96.0 Å². The SMILES string of the molecule is NC[C@H](CC(=O)O)c1ccc(C(F)(F)F)cc1. The Morgan fingerprint density at radius 1 is 1.29 bits per heavy atom. The van der Waals surface area contributed by atoms with Crippen LogP contribution in [-0.4, -0.2) is 17.6 Å². The molecule has 0 aliphatic rings. The lowest BCUT2D eigenvalue weighted by Crippen LogP contribution is -2.16. The minimum atomic E-state index is -4.39. The van der Waals surface area contributed by atoms with E-state index in [2.05, 4.69) is 0 Å². The van der Waals surface area contributed by atoms with Crippen LogP contribution in [0.1, 0.15) is 23.5 Å². The van der Waals surface area contributed by atoms with Crippen molar-refractivity contribution < 1.29 is 23.1 Å².